The number of nitrogens with zero attached hydrogens (tertiary/aromatic N) is 3. The third-order valence-electron chi connectivity index (χ3n) is 4.92. The van der Waals surface area contributed by atoms with Crippen LogP contribution in [0.2, 0.25) is 0 Å². The number of carbonyl (C=O) groups excluding carboxylic acids is 2. The van der Waals surface area contributed by atoms with E-state index >= 15 is 0 Å². The maximum Gasteiger partial charge on any atom is 0.343 e. The largest absolute Gasteiger partial charge is 0.462 e. The van der Waals surface area contributed by atoms with Crippen molar-refractivity contribution in [2.24, 2.45) is 7.05 Å². The predicted octanol–water partition coefficient (Wildman–Crippen LogP) is 3.31. The van der Waals surface area contributed by atoms with Gasteiger partial charge in [0.1, 0.15) is 11.4 Å². The maximum atomic E-state index is 12.9. The van der Waals surface area contributed by atoms with Gasteiger partial charge in [-0.3, -0.25) is 14.4 Å². The first-order chi connectivity index (χ1) is 14.1. The van der Waals surface area contributed by atoms with Crippen LogP contribution < -0.4 is 5.32 Å². The van der Waals surface area contributed by atoms with Gasteiger partial charge in [0.25, 0.3) is 0 Å². The summed E-state index contributed by atoms with van der Waals surface area (Å²) in [5.74, 6) is -0.318. The number of amides is 1. The lowest BCUT2D eigenvalue weighted by atomic mass is 9.98. The first kappa shape index (κ1) is 19.8. The fourth-order valence-electron chi connectivity index (χ4n) is 3.62. The lowest BCUT2D eigenvalue weighted by molar-refractivity contribution is -0.117. The zero-order valence-corrected chi connectivity index (χ0v) is 17.9. The second-order valence-electron chi connectivity index (χ2n) is 6.74. The molecule has 1 atom stereocenters. The van der Waals surface area contributed by atoms with Gasteiger partial charge in [-0.15, -0.1) is 22.7 Å². The quantitative estimate of drug-likeness (QED) is 0.607. The highest BCUT2D eigenvalue weighted by atomic mass is 32.1. The van der Waals surface area contributed by atoms with Gasteiger partial charge in [0.15, 0.2) is 0 Å². The molecule has 1 aliphatic heterocycles. The molecule has 0 fully saturated rings. The molecule has 152 valence electrons. The molecule has 9 heteroatoms. The summed E-state index contributed by atoms with van der Waals surface area (Å²) in [7, 11) is 1.69. The highest BCUT2D eigenvalue weighted by molar-refractivity contribution is 7.10. The van der Waals surface area contributed by atoms with Crippen molar-refractivity contribution in [2.45, 2.75) is 19.4 Å². The minimum atomic E-state index is -0.492. The Morgan fingerprint density at radius 3 is 2.93 bits per heavy atom. The zero-order chi connectivity index (χ0) is 20.4. The topological polar surface area (TPSA) is 76.5 Å². The van der Waals surface area contributed by atoms with Gasteiger partial charge >= 0.3 is 5.97 Å². The van der Waals surface area contributed by atoms with Crippen LogP contribution in [-0.4, -0.2) is 46.3 Å². The summed E-state index contributed by atoms with van der Waals surface area (Å²) in [4.78, 5) is 29.8. The highest BCUT2D eigenvalue weighted by Crippen LogP contribution is 2.39. The average Bonchev–Trinajstić information content (AvgIpc) is 3.44. The minimum Gasteiger partial charge on any atom is -0.462 e. The minimum absolute atomic E-state index is 0.0758. The van der Waals surface area contributed by atoms with Crippen LogP contribution in [0.4, 0.5) is 5.82 Å². The number of carbonyl (C=O) groups is 2. The zero-order valence-electron chi connectivity index (χ0n) is 16.3. The Morgan fingerprint density at radius 1 is 1.31 bits per heavy atom. The molecule has 1 unspecified atom stereocenters. The normalized spacial score (nSPS) is 16.4. The molecule has 0 radical (unpaired) electrons. The Bertz CT molecular complexity index is 1010. The van der Waals surface area contributed by atoms with E-state index in [0.717, 1.165) is 13.0 Å². The molecule has 29 heavy (non-hydrogen) atoms. The van der Waals surface area contributed by atoms with Crippen molar-refractivity contribution < 1.29 is 14.3 Å². The molecule has 0 aliphatic carbocycles. The lowest BCUT2D eigenvalue weighted by Crippen LogP contribution is -2.40. The number of nitrogens with one attached hydrogen (secondary N) is 1. The highest BCUT2D eigenvalue weighted by Gasteiger charge is 2.32. The van der Waals surface area contributed by atoms with E-state index in [1.807, 2.05) is 6.07 Å². The Kier molecular flexibility index (Phi) is 5.79. The molecule has 1 amide bonds. The van der Waals surface area contributed by atoms with Crippen molar-refractivity contribution in [3.05, 3.63) is 56.0 Å². The third kappa shape index (κ3) is 3.98. The molecule has 1 N–H and O–H groups in total. The molecule has 3 aromatic heterocycles. The second kappa shape index (κ2) is 8.48. The fraction of sp³-hybridized carbons (Fsp3) is 0.350. The van der Waals surface area contributed by atoms with Crippen molar-refractivity contribution in [2.75, 3.05) is 25.0 Å². The number of hydrogen-bond donors (Lipinski definition) is 1. The van der Waals surface area contributed by atoms with E-state index in [9.17, 15) is 9.59 Å². The number of ether oxygens (including phenoxy) is 1. The number of thiophene rings is 2. The summed E-state index contributed by atoms with van der Waals surface area (Å²) in [6.07, 6.45) is 2.35. The van der Waals surface area contributed by atoms with E-state index in [2.05, 4.69) is 38.2 Å². The van der Waals surface area contributed by atoms with E-state index in [1.54, 1.807) is 36.6 Å². The molecular formula is C20H22N4O3S2. The number of anilines is 1. The smallest absolute Gasteiger partial charge is 0.343 e. The molecular weight excluding hydrogens is 408 g/mol. The van der Waals surface area contributed by atoms with Gasteiger partial charge in [-0.2, -0.15) is 5.10 Å². The number of rotatable bonds is 6. The Labute approximate surface area is 176 Å². The molecule has 3 aromatic rings. The van der Waals surface area contributed by atoms with Crippen LogP contribution in [0.5, 0.6) is 0 Å². The summed E-state index contributed by atoms with van der Waals surface area (Å²) < 4.78 is 6.54. The van der Waals surface area contributed by atoms with Crippen molar-refractivity contribution in [1.29, 1.82) is 0 Å². The van der Waals surface area contributed by atoms with Crippen LogP contribution in [0.15, 0.2) is 35.2 Å². The summed E-state index contributed by atoms with van der Waals surface area (Å²) in [6.45, 7) is 3.04. The predicted molar refractivity (Wildman–Crippen MR) is 114 cm³/mol. The van der Waals surface area contributed by atoms with E-state index in [4.69, 9.17) is 4.74 Å². The van der Waals surface area contributed by atoms with E-state index in [0.29, 0.717) is 5.82 Å². The van der Waals surface area contributed by atoms with Crippen LogP contribution in [0.1, 0.15) is 38.6 Å². The van der Waals surface area contributed by atoms with Gasteiger partial charge in [-0.05, 0) is 41.8 Å². The molecule has 0 bridgehead atoms. The summed E-state index contributed by atoms with van der Waals surface area (Å²) in [6, 6.07) is 6.40. The van der Waals surface area contributed by atoms with Gasteiger partial charge in [-0.25, -0.2) is 4.79 Å². The third-order valence-corrected chi connectivity index (χ3v) is 6.84. The van der Waals surface area contributed by atoms with Crippen molar-refractivity contribution in [1.82, 2.24) is 14.7 Å². The molecule has 0 saturated heterocycles. The number of aryl methyl sites for hydroxylation is 1. The number of aromatic nitrogens is 2. The molecule has 1 aliphatic rings. The van der Waals surface area contributed by atoms with E-state index in [1.165, 1.54) is 26.2 Å². The second-order valence-corrected chi connectivity index (χ2v) is 8.72. The number of hydrogen-bond acceptors (Lipinski definition) is 7. The Balaban J connectivity index is 1.53. The first-order valence-corrected chi connectivity index (χ1v) is 11.2. The first-order valence-electron chi connectivity index (χ1n) is 9.41. The summed E-state index contributed by atoms with van der Waals surface area (Å²) in [5.41, 5.74) is 1.54. The monoisotopic (exact) mass is 430 g/mol. The molecule has 4 heterocycles. The van der Waals surface area contributed by atoms with Crippen molar-refractivity contribution in [3.8, 4) is 0 Å². The van der Waals surface area contributed by atoms with Crippen LogP contribution in [-0.2, 0) is 23.0 Å². The van der Waals surface area contributed by atoms with Gasteiger partial charge in [0, 0.05) is 23.3 Å². The molecule has 4 rings (SSSR count). The molecule has 0 aromatic carbocycles. The SMILES string of the molecule is CCOC(=O)c1cnn(C)c1NC(=O)CN1CCc2sccc2C1c1cccs1. The average molecular weight is 431 g/mol. The molecule has 0 saturated carbocycles. The number of fused-ring (bicyclic) bond motifs is 1. The number of esters is 1. The Hall–Kier alpha value is -2.49. The fourth-order valence-corrected chi connectivity index (χ4v) is 5.40. The maximum absolute atomic E-state index is 12.9. The summed E-state index contributed by atoms with van der Waals surface area (Å²) in [5, 5.41) is 11.1. The van der Waals surface area contributed by atoms with E-state index < -0.39 is 5.97 Å². The van der Waals surface area contributed by atoms with Crippen LogP contribution in [0.25, 0.3) is 0 Å². The van der Waals surface area contributed by atoms with Gasteiger partial charge in [-0.1, -0.05) is 6.07 Å². The van der Waals surface area contributed by atoms with Gasteiger partial charge in [0.2, 0.25) is 5.91 Å². The Morgan fingerprint density at radius 2 is 2.17 bits per heavy atom. The van der Waals surface area contributed by atoms with Crippen molar-refractivity contribution in [3.63, 3.8) is 0 Å². The van der Waals surface area contributed by atoms with Crippen LogP contribution in [0, 0.1) is 0 Å². The van der Waals surface area contributed by atoms with Crippen LogP contribution in [0.3, 0.4) is 0 Å². The van der Waals surface area contributed by atoms with Crippen LogP contribution >= 0.6 is 22.7 Å². The van der Waals surface area contributed by atoms with Gasteiger partial charge in [0.05, 0.1) is 25.4 Å². The van der Waals surface area contributed by atoms with Crippen molar-refractivity contribution >= 4 is 40.4 Å². The van der Waals surface area contributed by atoms with Gasteiger partial charge < -0.3 is 10.1 Å². The standard InChI is InChI=1S/C20H22N4O3S2/c1-3-27-20(26)14-11-21-23(2)19(14)22-17(25)12-24-8-6-15-13(7-10-29-15)18(24)16-5-4-9-28-16/h4-5,7,9-11,18H,3,6,8,12H2,1-2H3,(H,22,25). The molecule has 7 nitrogen and oxygen atoms in total. The lowest BCUT2D eigenvalue weighted by Gasteiger charge is -2.34. The van der Waals surface area contributed by atoms with E-state index in [-0.39, 0.29) is 30.7 Å². The summed E-state index contributed by atoms with van der Waals surface area (Å²) >= 11 is 3.48. The molecule has 0 spiro atoms.